The molecule has 0 aliphatic rings. The van der Waals surface area contributed by atoms with Crippen LogP contribution in [0, 0.1) is 0 Å². The monoisotopic (exact) mass is 255 g/mol. The minimum atomic E-state index is -0.401. The zero-order chi connectivity index (χ0) is 10.1. The fraction of sp³-hybridized carbons (Fsp3) is 0.125. The molecule has 2 heterocycles. The largest absolute Gasteiger partial charge is 0.465 e. The molecule has 0 amide bonds. The van der Waals surface area contributed by atoms with Crippen LogP contribution in [0.3, 0.4) is 0 Å². The number of ether oxygens (including phenoxy) is 1. The van der Waals surface area contributed by atoms with Gasteiger partial charge in [-0.2, -0.15) is 0 Å². The molecular weight excluding hydrogens is 250 g/mol. The smallest absolute Gasteiger partial charge is 0.339 e. The highest BCUT2D eigenvalue weighted by molar-refractivity contribution is 9.10. The van der Waals surface area contributed by atoms with Crippen molar-refractivity contribution in [1.82, 2.24) is 14.6 Å². The van der Waals surface area contributed by atoms with Gasteiger partial charge in [0, 0.05) is 10.7 Å². The molecule has 0 aliphatic heterocycles. The molecule has 2 aromatic rings. The van der Waals surface area contributed by atoms with Crippen LogP contribution >= 0.6 is 15.9 Å². The van der Waals surface area contributed by atoms with E-state index in [2.05, 4.69) is 30.9 Å². The Bertz CT molecular complexity index is 494. The molecule has 72 valence electrons. The summed E-state index contributed by atoms with van der Waals surface area (Å²) in [6.07, 6.45) is 3.27. The number of fused-ring (bicyclic) bond motifs is 1. The Hall–Kier alpha value is -1.43. The molecule has 0 unspecified atom stereocenters. The van der Waals surface area contributed by atoms with Gasteiger partial charge in [0.15, 0.2) is 5.65 Å². The van der Waals surface area contributed by atoms with Crippen LogP contribution in [-0.4, -0.2) is 27.7 Å². The van der Waals surface area contributed by atoms with Crippen LogP contribution < -0.4 is 0 Å². The second-order valence-corrected chi connectivity index (χ2v) is 3.48. The molecule has 0 spiro atoms. The van der Waals surface area contributed by atoms with Crippen molar-refractivity contribution in [1.29, 1.82) is 0 Å². The SMILES string of the molecule is COC(=O)c1cc2nncn2cc1Br. The summed E-state index contributed by atoms with van der Waals surface area (Å²) in [6.45, 7) is 0. The van der Waals surface area contributed by atoms with Crippen molar-refractivity contribution in [2.75, 3.05) is 7.11 Å². The average molecular weight is 256 g/mol. The molecule has 0 saturated carbocycles. The average Bonchev–Trinajstić information content (AvgIpc) is 2.62. The van der Waals surface area contributed by atoms with Gasteiger partial charge in [0.2, 0.25) is 0 Å². The molecule has 0 saturated heterocycles. The maximum Gasteiger partial charge on any atom is 0.339 e. The molecule has 0 bridgehead atoms. The van der Waals surface area contributed by atoms with E-state index in [1.807, 2.05) is 0 Å². The minimum absolute atomic E-state index is 0.401. The third kappa shape index (κ3) is 1.37. The number of hydrogen-bond acceptors (Lipinski definition) is 4. The first-order chi connectivity index (χ1) is 6.72. The molecule has 0 N–H and O–H groups in total. The summed E-state index contributed by atoms with van der Waals surface area (Å²) in [5, 5.41) is 7.53. The summed E-state index contributed by atoms with van der Waals surface area (Å²) in [6, 6.07) is 1.61. The van der Waals surface area contributed by atoms with E-state index in [-0.39, 0.29) is 0 Å². The molecule has 14 heavy (non-hydrogen) atoms. The van der Waals surface area contributed by atoms with Crippen molar-refractivity contribution in [3.63, 3.8) is 0 Å². The highest BCUT2D eigenvalue weighted by Gasteiger charge is 2.12. The number of halogens is 1. The number of aromatic nitrogens is 3. The molecule has 0 fully saturated rings. The first kappa shape index (κ1) is 9.14. The molecule has 0 radical (unpaired) electrons. The number of rotatable bonds is 1. The normalized spacial score (nSPS) is 10.4. The molecular formula is C8H6BrN3O2. The maximum absolute atomic E-state index is 11.3. The second kappa shape index (κ2) is 3.38. The van der Waals surface area contributed by atoms with Gasteiger partial charge in [0.1, 0.15) is 6.33 Å². The number of carbonyl (C=O) groups excluding carboxylic acids is 1. The van der Waals surface area contributed by atoms with Crippen LogP contribution in [0.5, 0.6) is 0 Å². The minimum Gasteiger partial charge on any atom is -0.465 e. The number of carbonyl (C=O) groups is 1. The molecule has 0 aliphatic carbocycles. The van der Waals surface area contributed by atoms with Crippen molar-refractivity contribution in [3.05, 3.63) is 28.6 Å². The van der Waals surface area contributed by atoms with Gasteiger partial charge in [-0.05, 0) is 22.0 Å². The van der Waals surface area contributed by atoms with Crippen molar-refractivity contribution in [2.45, 2.75) is 0 Å². The fourth-order valence-electron chi connectivity index (χ4n) is 1.11. The topological polar surface area (TPSA) is 56.5 Å². The number of pyridine rings is 1. The van der Waals surface area contributed by atoms with Gasteiger partial charge in [-0.15, -0.1) is 10.2 Å². The molecule has 2 rings (SSSR count). The zero-order valence-electron chi connectivity index (χ0n) is 7.27. The maximum atomic E-state index is 11.3. The van der Waals surface area contributed by atoms with E-state index < -0.39 is 5.97 Å². The Morgan fingerprint density at radius 1 is 1.64 bits per heavy atom. The summed E-state index contributed by atoms with van der Waals surface area (Å²) >= 11 is 3.27. The zero-order valence-corrected chi connectivity index (χ0v) is 8.85. The first-order valence-corrected chi connectivity index (χ1v) is 4.59. The van der Waals surface area contributed by atoms with E-state index in [0.29, 0.717) is 15.7 Å². The first-order valence-electron chi connectivity index (χ1n) is 3.79. The molecule has 0 aromatic carbocycles. The predicted molar refractivity (Wildman–Crippen MR) is 52.0 cm³/mol. The van der Waals surface area contributed by atoms with Crippen LogP contribution in [0.4, 0.5) is 0 Å². The predicted octanol–water partition coefficient (Wildman–Crippen LogP) is 1.28. The van der Waals surface area contributed by atoms with Gasteiger partial charge in [-0.1, -0.05) is 0 Å². The number of hydrogen-bond donors (Lipinski definition) is 0. The summed E-state index contributed by atoms with van der Waals surface area (Å²) in [7, 11) is 1.34. The fourth-order valence-corrected chi connectivity index (χ4v) is 1.61. The Balaban J connectivity index is 2.64. The van der Waals surface area contributed by atoms with E-state index in [1.165, 1.54) is 7.11 Å². The van der Waals surface area contributed by atoms with Gasteiger partial charge in [-0.3, -0.25) is 4.40 Å². The van der Waals surface area contributed by atoms with Gasteiger partial charge in [0.25, 0.3) is 0 Å². The van der Waals surface area contributed by atoms with Crippen LogP contribution in [-0.2, 0) is 4.74 Å². The van der Waals surface area contributed by atoms with E-state index in [1.54, 1.807) is 23.0 Å². The lowest BCUT2D eigenvalue weighted by molar-refractivity contribution is 0.0599. The lowest BCUT2D eigenvalue weighted by Crippen LogP contribution is -2.03. The van der Waals surface area contributed by atoms with E-state index in [4.69, 9.17) is 0 Å². The Labute approximate surface area is 87.8 Å². The van der Waals surface area contributed by atoms with E-state index in [0.717, 1.165) is 0 Å². The Morgan fingerprint density at radius 3 is 3.14 bits per heavy atom. The Morgan fingerprint density at radius 2 is 2.43 bits per heavy atom. The van der Waals surface area contributed by atoms with Crippen molar-refractivity contribution in [3.8, 4) is 0 Å². The molecule has 6 heteroatoms. The lowest BCUT2D eigenvalue weighted by Gasteiger charge is -2.02. The summed E-state index contributed by atoms with van der Waals surface area (Å²) in [4.78, 5) is 11.3. The number of nitrogens with zero attached hydrogens (tertiary/aromatic N) is 3. The summed E-state index contributed by atoms with van der Waals surface area (Å²) < 4.78 is 6.97. The highest BCUT2D eigenvalue weighted by atomic mass is 79.9. The number of esters is 1. The highest BCUT2D eigenvalue weighted by Crippen LogP contribution is 2.18. The van der Waals surface area contributed by atoms with Crippen LogP contribution in [0.2, 0.25) is 0 Å². The van der Waals surface area contributed by atoms with Crippen LogP contribution in [0.15, 0.2) is 23.1 Å². The Kier molecular flexibility index (Phi) is 2.20. The molecule has 0 atom stereocenters. The van der Waals surface area contributed by atoms with Gasteiger partial charge in [-0.25, -0.2) is 4.79 Å². The van der Waals surface area contributed by atoms with Crippen LogP contribution in [0.1, 0.15) is 10.4 Å². The van der Waals surface area contributed by atoms with Crippen molar-refractivity contribution < 1.29 is 9.53 Å². The van der Waals surface area contributed by atoms with E-state index in [9.17, 15) is 4.79 Å². The summed E-state index contributed by atoms with van der Waals surface area (Å²) in [5.41, 5.74) is 1.04. The molecule has 5 nitrogen and oxygen atoms in total. The standard InChI is InChI=1S/C8H6BrN3O2/c1-14-8(13)5-2-7-11-10-4-12(7)3-6(5)9/h2-4H,1H3. The second-order valence-electron chi connectivity index (χ2n) is 2.62. The van der Waals surface area contributed by atoms with Crippen molar-refractivity contribution >= 4 is 27.5 Å². The third-order valence-electron chi connectivity index (χ3n) is 1.79. The van der Waals surface area contributed by atoms with Crippen molar-refractivity contribution in [2.24, 2.45) is 0 Å². The van der Waals surface area contributed by atoms with E-state index >= 15 is 0 Å². The number of methoxy groups -OCH3 is 1. The quantitative estimate of drug-likeness (QED) is 0.721. The van der Waals surface area contributed by atoms with Gasteiger partial charge in [0.05, 0.1) is 12.7 Å². The third-order valence-corrected chi connectivity index (χ3v) is 2.42. The van der Waals surface area contributed by atoms with Crippen LogP contribution in [0.25, 0.3) is 5.65 Å². The van der Waals surface area contributed by atoms with Gasteiger partial charge >= 0.3 is 5.97 Å². The van der Waals surface area contributed by atoms with Gasteiger partial charge < -0.3 is 4.74 Å². The summed E-state index contributed by atoms with van der Waals surface area (Å²) in [5.74, 6) is -0.401. The lowest BCUT2D eigenvalue weighted by atomic mass is 10.3. The molecule has 2 aromatic heterocycles.